The summed E-state index contributed by atoms with van der Waals surface area (Å²) in [5.41, 5.74) is 0.402. The molecule has 19 heavy (non-hydrogen) atoms. The zero-order valence-corrected chi connectivity index (χ0v) is 11.1. The van der Waals surface area contributed by atoms with Gasteiger partial charge in [-0.3, -0.25) is 4.79 Å². The highest BCUT2D eigenvalue weighted by molar-refractivity contribution is 7.90. The second-order valence-corrected chi connectivity index (χ2v) is 6.03. The van der Waals surface area contributed by atoms with E-state index >= 15 is 0 Å². The summed E-state index contributed by atoms with van der Waals surface area (Å²) in [6.45, 7) is 0.291. The molecule has 0 saturated carbocycles. The van der Waals surface area contributed by atoms with Crippen LogP contribution in [0.3, 0.4) is 0 Å². The lowest BCUT2D eigenvalue weighted by Gasteiger charge is -2.04. The smallest absolute Gasteiger partial charge is 0.251 e. The number of H-pyrrole nitrogens is 1. The van der Waals surface area contributed by atoms with Gasteiger partial charge >= 0.3 is 0 Å². The maximum atomic E-state index is 11.8. The number of carbonyl (C=O) groups excluding carboxylic acids is 1. The molecule has 0 fully saturated rings. The number of imidazole rings is 1. The summed E-state index contributed by atoms with van der Waals surface area (Å²) in [4.78, 5) is 18.8. The van der Waals surface area contributed by atoms with Crippen molar-refractivity contribution in [1.29, 1.82) is 0 Å². The van der Waals surface area contributed by atoms with Crippen molar-refractivity contribution in [2.45, 2.75) is 11.4 Å². The fourth-order valence-electron chi connectivity index (χ4n) is 1.51. The first-order valence-corrected chi connectivity index (χ1v) is 7.42. The monoisotopic (exact) mass is 279 g/mol. The van der Waals surface area contributed by atoms with Crippen molar-refractivity contribution in [2.24, 2.45) is 0 Å². The summed E-state index contributed by atoms with van der Waals surface area (Å²) in [5.74, 6) is 0.373. The van der Waals surface area contributed by atoms with Crippen LogP contribution in [0.5, 0.6) is 0 Å². The third-order valence-corrected chi connectivity index (χ3v) is 3.64. The molecule has 0 unspecified atom stereocenters. The summed E-state index contributed by atoms with van der Waals surface area (Å²) in [6, 6.07) is 5.79. The van der Waals surface area contributed by atoms with Crippen molar-refractivity contribution in [2.75, 3.05) is 6.26 Å². The normalized spacial score (nSPS) is 11.2. The average Bonchev–Trinajstić information content (AvgIpc) is 2.88. The number of nitrogens with one attached hydrogen (secondary N) is 2. The van der Waals surface area contributed by atoms with E-state index in [2.05, 4.69) is 15.3 Å². The van der Waals surface area contributed by atoms with Crippen LogP contribution < -0.4 is 5.32 Å². The predicted molar refractivity (Wildman–Crippen MR) is 69.3 cm³/mol. The molecule has 0 atom stereocenters. The van der Waals surface area contributed by atoms with Gasteiger partial charge in [0.25, 0.3) is 5.91 Å². The Morgan fingerprint density at radius 3 is 2.53 bits per heavy atom. The molecule has 2 rings (SSSR count). The van der Waals surface area contributed by atoms with Crippen molar-refractivity contribution >= 4 is 15.7 Å². The highest BCUT2D eigenvalue weighted by Gasteiger charge is 2.09. The number of nitrogens with zero attached hydrogens (tertiary/aromatic N) is 1. The molecule has 6 nitrogen and oxygen atoms in total. The molecule has 2 N–H and O–H groups in total. The van der Waals surface area contributed by atoms with Gasteiger partial charge in [0.2, 0.25) is 0 Å². The number of aromatic amines is 1. The van der Waals surface area contributed by atoms with E-state index in [1.807, 2.05) is 0 Å². The lowest BCUT2D eigenvalue weighted by Crippen LogP contribution is -2.23. The first kappa shape index (κ1) is 13.3. The van der Waals surface area contributed by atoms with Gasteiger partial charge < -0.3 is 10.3 Å². The lowest BCUT2D eigenvalue weighted by molar-refractivity contribution is 0.0950. The number of sulfone groups is 1. The SMILES string of the molecule is CS(=O)(=O)c1ccc(C(=O)NCc2ncc[nH]2)cc1. The van der Waals surface area contributed by atoms with Crippen LogP contribution in [-0.4, -0.2) is 30.5 Å². The number of benzene rings is 1. The Morgan fingerprint density at radius 1 is 1.32 bits per heavy atom. The number of hydrogen-bond donors (Lipinski definition) is 2. The number of rotatable bonds is 4. The van der Waals surface area contributed by atoms with E-state index in [0.29, 0.717) is 17.9 Å². The molecule has 0 aliphatic heterocycles. The lowest BCUT2D eigenvalue weighted by atomic mass is 10.2. The number of carbonyl (C=O) groups is 1. The molecule has 1 heterocycles. The van der Waals surface area contributed by atoms with Crippen molar-refractivity contribution < 1.29 is 13.2 Å². The van der Waals surface area contributed by atoms with Crippen molar-refractivity contribution in [3.63, 3.8) is 0 Å². The molecule has 0 bridgehead atoms. The number of aromatic nitrogens is 2. The van der Waals surface area contributed by atoms with Crippen LogP contribution in [0.1, 0.15) is 16.2 Å². The fourth-order valence-corrected chi connectivity index (χ4v) is 2.14. The molecule has 1 aromatic carbocycles. The van der Waals surface area contributed by atoms with E-state index in [9.17, 15) is 13.2 Å². The summed E-state index contributed by atoms with van der Waals surface area (Å²) >= 11 is 0. The maximum absolute atomic E-state index is 11.8. The maximum Gasteiger partial charge on any atom is 0.251 e. The predicted octanol–water partition coefficient (Wildman–Crippen LogP) is 0.743. The van der Waals surface area contributed by atoms with Gasteiger partial charge in [-0.15, -0.1) is 0 Å². The van der Waals surface area contributed by atoms with E-state index in [1.54, 1.807) is 12.4 Å². The standard InChI is InChI=1S/C12H13N3O3S/c1-19(17,18)10-4-2-9(3-5-10)12(16)15-8-11-13-6-7-14-11/h2-7H,8H2,1H3,(H,13,14)(H,15,16). The second kappa shape index (κ2) is 5.23. The summed E-state index contributed by atoms with van der Waals surface area (Å²) in [5, 5.41) is 2.68. The van der Waals surface area contributed by atoms with Crippen LogP contribution in [-0.2, 0) is 16.4 Å². The topological polar surface area (TPSA) is 91.9 Å². The van der Waals surface area contributed by atoms with Gasteiger partial charge in [-0.1, -0.05) is 0 Å². The third kappa shape index (κ3) is 3.41. The molecule has 0 aliphatic rings. The highest BCUT2D eigenvalue weighted by Crippen LogP contribution is 2.10. The van der Waals surface area contributed by atoms with Crippen LogP contribution in [0, 0.1) is 0 Å². The van der Waals surface area contributed by atoms with Crippen LogP contribution in [0.15, 0.2) is 41.6 Å². The molecule has 2 aromatic rings. The van der Waals surface area contributed by atoms with Crippen LogP contribution in [0.25, 0.3) is 0 Å². The van der Waals surface area contributed by atoms with Crippen molar-refractivity contribution in [3.8, 4) is 0 Å². The first-order chi connectivity index (χ1) is 8.97. The number of amides is 1. The number of hydrogen-bond acceptors (Lipinski definition) is 4. The fraction of sp³-hybridized carbons (Fsp3) is 0.167. The van der Waals surface area contributed by atoms with E-state index in [4.69, 9.17) is 0 Å². The van der Waals surface area contributed by atoms with Gasteiger partial charge in [-0.05, 0) is 24.3 Å². The second-order valence-electron chi connectivity index (χ2n) is 4.02. The van der Waals surface area contributed by atoms with E-state index in [-0.39, 0.29) is 10.8 Å². The van der Waals surface area contributed by atoms with Crippen LogP contribution in [0.4, 0.5) is 0 Å². The Bertz CT molecular complexity index is 661. The molecular weight excluding hydrogens is 266 g/mol. The quantitative estimate of drug-likeness (QED) is 0.863. The molecule has 0 aliphatic carbocycles. The van der Waals surface area contributed by atoms with E-state index in [0.717, 1.165) is 6.26 Å². The molecular formula is C12H13N3O3S. The Labute approximate surface area is 110 Å². The van der Waals surface area contributed by atoms with Gasteiger partial charge in [0.1, 0.15) is 5.82 Å². The zero-order chi connectivity index (χ0) is 13.9. The molecule has 1 amide bonds. The Hall–Kier alpha value is -2.15. The van der Waals surface area contributed by atoms with Gasteiger partial charge in [0.15, 0.2) is 9.84 Å². The molecule has 0 saturated heterocycles. The summed E-state index contributed by atoms with van der Waals surface area (Å²) in [7, 11) is -3.24. The van der Waals surface area contributed by atoms with Crippen LogP contribution >= 0.6 is 0 Å². The molecule has 0 spiro atoms. The Kier molecular flexibility index (Phi) is 3.66. The summed E-state index contributed by atoms with van der Waals surface area (Å²) in [6.07, 6.45) is 4.39. The molecule has 0 radical (unpaired) electrons. The molecule has 100 valence electrons. The van der Waals surface area contributed by atoms with E-state index in [1.165, 1.54) is 24.3 Å². The van der Waals surface area contributed by atoms with Gasteiger partial charge in [0.05, 0.1) is 11.4 Å². The minimum atomic E-state index is -3.24. The Balaban J connectivity index is 2.04. The van der Waals surface area contributed by atoms with Gasteiger partial charge in [0, 0.05) is 24.2 Å². The molecule has 1 aromatic heterocycles. The largest absolute Gasteiger partial charge is 0.347 e. The van der Waals surface area contributed by atoms with Crippen LogP contribution in [0.2, 0.25) is 0 Å². The van der Waals surface area contributed by atoms with Crippen molar-refractivity contribution in [3.05, 3.63) is 48.0 Å². The molecule has 7 heteroatoms. The minimum Gasteiger partial charge on any atom is -0.347 e. The third-order valence-electron chi connectivity index (χ3n) is 2.52. The minimum absolute atomic E-state index is 0.190. The highest BCUT2D eigenvalue weighted by atomic mass is 32.2. The zero-order valence-electron chi connectivity index (χ0n) is 10.3. The van der Waals surface area contributed by atoms with Gasteiger partial charge in [-0.2, -0.15) is 0 Å². The average molecular weight is 279 g/mol. The van der Waals surface area contributed by atoms with Gasteiger partial charge in [-0.25, -0.2) is 13.4 Å². The first-order valence-electron chi connectivity index (χ1n) is 5.53. The Morgan fingerprint density at radius 2 is 2.00 bits per heavy atom. The van der Waals surface area contributed by atoms with Crippen molar-refractivity contribution in [1.82, 2.24) is 15.3 Å². The summed E-state index contributed by atoms with van der Waals surface area (Å²) < 4.78 is 22.6. The van der Waals surface area contributed by atoms with E-state index < -0.39 is 9.84 Å².